The lowest BCUT2D eigenvalue weighted by atomic mass is 10.1. The maximum absolute atomic E-state index is 12.2. The molecular formula is C23H19N3O3. The van der Waals surface area contributed by atoms with Gasteiger partial charge in [-0.1, -0.05) is 18.2 Å². The van der Waals surface area contributed by atoms with Gasteiger partial charge < -0.3 is 9.47 Å². The third-order valence-electron chi connectivity index (χ3n) is 4.35. The number of methoxy groups -OCH3 is 1. The summed E-state index contributed by atoms with van der Waals surface area (Å²) < 4.78 is 11.0. The van der Waals surface area contributed by atoms with Crippen LogP contribution in [-0.2, 0) is 0 Å². The van der Waals surface area contributed by atoms with E-state index in [0.29, 0.717) is 22.7 Å². The van der Waals surface area contributed by atoms with E-state index in [4.69, 9.17) is 9.47 Å². The van der Waals surface area contributed by atoms with Crippen LogP contribution in [0.4, 0.5) is 5.69 Å². The SMILES string of the molecule is COc1ccc(-c2[nH][nH]c(=O)c2C=Nc2ccc(Oc3ccccc3)cc2)cc1. The van der Waals surface area contributed by atoms with Gasteiger partial charge in [-0.2, -0.15) is 0 Å². The van der Waals surface area contributed by atoms with Gasteiger partial charge in [-0.05, 0) is 60.7 Å². The first kappa shape index (κ1) is 18.3. The van der Waals surface area contributed by atoms with Gasteiger partial charge in [-0.25, -0.2) is 0 Å². The summed E-state index contributed by atoms with van der Waals surface area (Å²) in [7, 11) is 1.61. The zero-order valence-electron chi connectivity index (χ0n) is 15.8. The normalized spacial score (nSPS) is 10.9. The molecule has 2 N–H and O–H groups in total. The number of benzene rings is 3. The van der Waals surface area contributed by atoms with E-state index in [9.17, 15) is 4.79 Å². The first-order chi connectivity index (χ1) is 14.2. The summed E-state index contributed by atoms with van der Waals surface area (Å²) in [5.41, 5.74) is 2.47. The van der Waals surface area contributed by atoms with Crippen molar-refractivity contribution < 1.29 is 9.47 Å². The first-order valence-corrected chi connectivity index (χ1v) is 9.05. The molecule has 4 rings (SSSR count). The van der Waals surface area contributed by atoms with Crippen molar-refractivity contribution in [3.63, 3.8) is 0 Å². The van der Waals surface area contributed by atoms with Gasteiger partial charge in [0.1, 0.15) is 17.2 Å². The predicted octanol–water partition coefficient (Wildman–Crippen LogP) is 4.92. The third kappa shape index (κ3) is 4.27. The number of aromatic nitrogens is 2. The van der Waals surface area contributed by atoms with Crippen molar-refractivity contribution in [3.05, 3.63) is 94.8 Å². The second kappa shape index (κ2) is 8.31. The molecule has 0 unspecified atom stereocenters. The molecule has 1 aromatic heterocycles. The highest BCUT2D eigenvalue weighted by atomic mass is 16.5. The second-order valence-electron chi connectivity index (χ2n) is 6.26. The number of nitrogens with one attached hydrogen (secondary N) is 2. The smallest absolute Gasteiger partial charge is 0.273 e. The number of hydrogen-bond donors (Lipinski definition) is 2. The molecule has 0 amide bonds. The Morgan fingerprint density at radius 3 is 2.14 bits per heavy atom. The Bertz CT molecular complexity index is 1160. The molecule has 29 heavy (non-hydrogen) atoms. The van der Waals surface area contributed by atoms with Crippen LogP contribution in [0, 0.1) is 0 Å². The molecule has 0 fully saturated rings. The van der Waals surface area contributed by atoms with Crippen LogP contribution in [0.15, 0.2) is 88.6 Å². The molecule has 0 aliphatic rings. The van der Waals surface area contributed by atoms with E-state index in [1.807, 2.05) is 78.9 Å². The summed E-state index contributed by atoms with van der Waals surface area (Å²) in [6.07, 6.45) is 1.56. The molecule has 0 radical (unpaired) electrons. The average molecular weight is 385 g/mol. The van der Waals surface area contributed by atoms with Crippen LogP contribution in [0.5, 0.6) is 17.2 Å². The lowest BCUT2D eigenvalue weighted by Crippen LogP contribution is -2.05. The molecule has 0 spiro atoms. The van der Waals surface area contributed by atoms with Gasteiger partial charge in [0.2, 0.25) is 0 Å². The Hall–Kier alpha value is -4.06. The summed E-state index contributed by atoms with van der Waals surface area (Å²) in [6.45, 7) is 0. The van der Waals surface area contributed by atoms with Crippen LogP contribution in [-0.4, -0.2) is 23.5 Å². The van der Waals surface area contributed by atoms with Crippen LogP contribution in [0.3, 0.4) is 0 Å². The molecule has 0 aliphatic heterocycles. The molecule has 1 heterocycles. The molecule has 0 saturated heterocycles. The van der Waals surface area contributed by atoms with Crippen molar-refractivity contribution in [2.45, 2.75) is 0 Å². The van der Waals surface area contributed by atoms with Crippen LogP contribution in [0.1, 0.15) is 5.56 Å². The van der Waals surface area contributed by atoms with E-state index >= 15 is 0 Å². The van der Waals surface area contributed by atoms with Crippen molar-refractivity contribution in [1.82, 2.24) is 10.2 Å². The van der Waals surface area contributed by atoms with Gasteiger partial charge in [0, 0.05) is 11.8 Å². The number of hydrogen-bond acceptors (Lipinski definition) is 4. The van der Waals surface area contributed by atoms with Gasteiger partial charge in [0.05, 0.1) is 24.1 Å². The molecule has 0 bridgehead atoms. The Morgan fingerprint density at radius 2 is 1.45 bits per heavy atom. The topological polar surface area (TPSA) is 79.5 Å². The molecule has 0 atom stereocenters. The number of ether oxygens (including phenoxy) is 2. The highest BCUT2D eigenvalue weighted by Crippen LogP contribution is 2.25. The molecular weight excluding hydrogens is 366 g/mol. The summed E-state index contributed by atoms with van der Waals surface area (Å²) in [4.78, 5) is 16.6. The molecule has 4 aromatic rings. The van der Waals surface area contributed by atoms with Gasteiger partial charge in [-0.15, -0.1) is 0 Å². The highest BCUT2D eigenvalue weighted by molar-refractivity contribution is 5.89. The van der Waals surface area contributed by atoms with Crippen molar-refractivity contribution in [1.29, 1.82) is 0 Å². The number of H-pyrrole nitrogens is 2. The van der Waals surface area contributed by atoms with Crippen molar-refractivity contribution in [3.8, 4) is 28.5 Å². The Balaban J connectivity index is 1.53. The standard InChI is InChI=1S/C23H19N3O3/c1-28-18-11-7-16(8-12-18)22-21(23(27)26-25-22)15-24-17-9-13-20(14-10-17)29-19-5-3-2-4-6-19/h2-15H,1H3,(H2,25,26,27). The van der Waals surface area contributed by atoms with E-state index in [2.05, 4.69) is 15.2 Å². The minimum atomic E-state index is -0.233. The van der Waals surface area contributed by atoms with Crippen LogP contribution in [0.2, 0.25) is 0 Å². The highest BCUT2D eigenvalue weighted by Gasteiger charge is 2.10. The number of para-hydroxylation sites is 1. The molecule has 144 valence electrons. The summed E-state index contributed by atoms with van der Waals surface area (Å²) >= 11 is 0. The minimum Gasteiger partial charge on any atom is -0.497 e. The largest absolute Gasteiger partial charge is 0.497 e. The van der Waals surface area contributed by atoms with Gasteiger partial charge in [0.15, 0.2) is 0 Å². The van der Waals surface area contributed by atoms with Crippen LogP contribution < -0.4 is 15.0 Å². The van der Waals surface area contributed by atoms with Gasteiger partial charge >= 0.3 is 0 Å². The predicted molar refractivity (Wildman–Crippen MR) is 114 cm³/mol. The summed E-state index contributed by atoms with van der Waals surface area (Å²) in [5, 5.41) is 5.52. The fourth-order valence-electron chi connectivity index (χ4n) is 2.84. The maximum Gasteiger partial charge on any atom is 0.273 e. The molecule has 0 saturated carbocycles. The quantitative estimate of drug-likeness (QED) is 0.462. The third-order valence-corrected chi connectivity index (χ3v) is 4.35. The fourth-order valence-corrected chi connectivity index (χ4v) is 2.84. The second-order valence-corrected chi connectivity index (χ2v) is 6.26. The van der Waals surface area contributed by atoms with E-state index in [-0.39, 0.29) is 5.56 Å². The Labute approximate surface area is 167 Å². The van der Waals surface area contributed by atoms with Crippen LogP contribution >= 0.6 is 0 Å². The van der Waals surface area contributed by atoms with Crippen molar-refractivity contribution in [2.24, 2.45) is 4.99 Å². The fraction of sp³-hybridized carbons (Fsp3) is 0.0435. The van der Waals surface area contributed by atoms with E-state index in [1.54, 1.807) is 13.3 Å². The van der Waals surface area contributed by atoms with Crippen molar-refractivity contribution in [2.75, 3.05) is 7.11 Å². The van der Waals surface area contributed by atoms with Crippen molar-refractivity contribution >= 4 is 11.9 Å². The van der Waals surface area contributed by atoms with Gasteiger partial charge in [-0.3, -0.25) is 20.0 Å². The number of nitrogens with zero attached hydrogens (tertiary/aromatic N) is 1. The zero-order chi connectivity index (χ0) is 20.1. The zero-order valence-corrected chi connectivity index (χ0v) is 15.8. The Morgan fingerprint density at radius 1 is 0.793 bits per heavy atom. The average Bonchev–Trinajstić information content (AvgIpc) is 3.14. The lowest BCUT2D eigenvalue weighted by Gasteiger charge is -2.05. The number of rotatable bonds is 6. The van der Waals surface area contributed by atoms with E-state index in [0.717, 1.165) is 17.1 Å². The monoisotopic (exact) mass is 385 g/mol. The van der Waals surface area contributed by atoms with Crippen LogP contribution in [0.25, 0.3) is 11.3 Å². The molecule has 6 heteroatoms. The van der Waals surface area contributed by atoms with Gasteiger partial charge in [0.25, 0.3) is 5.56 Å². The summed E-state index contributed by atoms with van der Waals surface area (Å²) in [5.74, 6) is 2.24. The first-order valence-electron chi connectivity index (χ1n) is 9.05. The van der Waals surface area contributed by atoms with E-state index < -0.39 is 0 Å². The molecule has 3 aromatic carbocycles. The summed E-state index contributed by atoms with van der Waals surface area (Å²) in [6, 6.07) is 24.4. The minimum absolute atomic E-state index is 0.233. The molecule has 0 aliphatic carbocycles. The molecule has 6 nitrogen and oxygen atoms in total. The Kier molecular flexibility index (Phi) is 5.25. The number of aromatic amines is 2. The van der Waals surface area contributed by atoms with E-state index in [1.165, 1.54) is 0 Å². The maximum atomic E-state index is 12.2. The number of aliphatic imine (C=N–C) groups is 1. The lowest BCUT2D eigenvalue weighted by molar-refractivity contribution is 0.415.